The molecule has 92 valence electrons. The number of nitrogens with one attached hydrogen (secondary N) is 2. The van der Waals surface area contributed by atoms with Crippen LogP contribution in [0.25, 0.3) is 0 Å². The maximum atomic E-state index is 11.6. The molecule has 1 saturated heterocycles. The molecule has 2 N–H and O–H groups in total. The molecule has 0 spiro atoms. The number of carbonyl (C=O) groups is 2. The third-order valence-electron chi connectivity index (χ3n) is 2.54. The zero-order chi connectivity index (χ0) is 12.3. The van der Waals surface area contributed by atoms with Crippen LogP contribution in [0.3, 0.4) is 0 Å². The molecule has 0 radical (unpaired) electrons. The zero-order valence-corrected chi connectivity index (χ0v) is 10.4. The van der Waals surface area contributed by atoms with Crippen LogP contribution in [0.15, 0.2) is 0 Å². The molecule has 1 fully saturated rings. The van der Waals surface area contributed by atoms with Crippen molar-refractivity contribution in [3.63, 3.8) is 0 Å². The smallest absolute Gasteiger partial charge is 0.315 e. The van der Waals surface area contributed by atoms with Gasteiger partial charge in [-0.25, -0.2) is 4.79 Å². The fraction of sp³-hybridized carbons (Fsp3) is 0.818. The van der Waals surface area contributed by atoms with E-state index in [2.05, 4.69) is 10.6 Å². The van der Waals surface area contributed by atoms with E-state index in [1.807, 2.05) is 27.7 Å². The van der Waals surface area contributed by atoms with Gasteiger partial charge in [0, 0.05) is 25.0 Å². The van der Waals surface area contributed by atoms with Crippen molar-refractivity contribution >= 4 is 11.9 Å². The summed E-state index contributed by atoms with van der Waals surface area (Å²) in [5, 5.41) is 5.56. The number of amides is 3. The summed E-state index contributed by atoms with van der Waals surface area (Å²) in [5.41, 5.74) is 0. The number of hydrogen-bond donors (Lipinski definition) is 2. The summed E-state index contributed by atoms with van der Waals surface area (Å²) in [6, 6.07) is 0.0535. The summed E-state index contributed by atoms with van der Waals surface area (Å²) < 4.78 is 0. The minimum atomic E-state index is -0.196. The van der Waals surface area contributed by atoms with Crippen LogP contribution in [0.1, 0.15) is 34.1 Å². The predicted molar refractivity (Wildman–Crippen MR) is 62.1 cm³/mol. The van der Waals surface area contributed by atoms with Gasteiger partial charge in [0.2, 0.25) is 5.91 Å². The van der Waals surface area contributed by atoms with Crippen LogP contribution in [0.2, 0.25) is 0 Å². The first-order valence-electron chi connectivity index (χ1n) is 5.76. The van der Waals surface area contributed by atoms with Crippen molar-refractivity contribution in [3.8, 4) is 0 Å². The van der Waals surface area contributed by atoms with E-state index in [1.165, 1.54) is 0 Å². The molecule has 5 nitrogen and oxygen atoms in total. The summed E-state index contributed by atoms with van der Waals surface area (Å²) in [7, 11) is 0. The Labute approximate surface area is 96.6 Å². The zero-order valence-electron chi connectivity index (χ0n) is 10.4. The second-order valence-corrected chi connectivity index (χ2v) is 4.81. The Morgan fingerprint density at radius 1 is 1.38 bits per heavy atom. The minimum Gasteiger partial charge on any atom is -0.338 e. The molecular weight excluding hydrogens is 206 g/mol. The molecule has 16 heavy (non-hydrogen) atoms. The first-order chi connectivity index (χ1) is 7.40. The molecule has 1 aliphatic heterocycles. The number of rotatable bonds is 3. The first-order valence-corrected chi connectivity index (χ1v) is 5.76. The molecule has 0 bridgehead atoms. The Kier molecular flexibility index (Phi) is 4.15. The molecule has 1 atom stereocenters. The highest BCUT2D eigenvalue weighted by atomic mass is 16.2. The van der Waals surface area contributed by atoms with Crippen LogP contribution < -0.4 is 10.6 Å². The van der Waals surface area contributed by atoms with Crippen LogP contribution in [0, 0.1) is 0 Å². The highest BCUT2D eigenvalue weighted by molar-refractivity contribution is 5.81. The average molecular weight is 227 g/mol. The molecule has 1 heterocycles. The third kappa shape index (κ3) is 3.40. The van der Waals surface area contributed by atoms with E-state index in [-0.39, 0.29) is 30.1 Å². The van der Waals surface area contributed by atoms with Crippen LogP contribution in [-0.2, 0) is 4.79 Å². The fourth-order valence-corrected chi connectivity index (χ4v) is 1.82. The van der Waals surface area contributed by atoms with Crippen molar-refractivity contribution in [2.75, 3.05) is 6.54 Å². The van der Waals surface area contributed by atoms with Gasteiger partial charge in [-0.1, -0.05) is 0 Å². The molecular formula is C11H21N3O2. The molecule has 0 aromatic carbocycles. The average Bonchev–Trinajstić information content (AvgIpc) is 2.44. The van der Waals surface area contributed by atoms with Crippen molar-refractivity contribution < 1.29 is 9.59 Å². The Morgan fingerprint density at radius 3 is 2.44 bits per heavy atom. The van der Waals surface area contributed by atoms with E-state index >= 15 is 0 Å². The van der Waals surface area contributed by atoms with E-state index in [0.717, 1.165) is 0 Å². The standard InChI is InChI=1S/C11H21N3O2/c1-7(2)12-11(16)13-9-5-10(15)14(6-9)8(3)4/h7-9H,5-6H2,1-4H3,(H2,12,13,16). The van der Waals surface area contributed by atoms with Crippen molar-refractivity contribution in [1.82, 2.24) is 15.5 Å². The van der Waals surface area contributed by atoms with Crippen LogP contribution in [0.4, 0.5) is 4.79 Å². The van der Waals surface area contributed by atoms with Gasteiger partial charge in [0.15, 0.2) is 0 Å². The lowest BCUT2D eigenvalue weighted by molar-refractivity contribution is -0.129. The summed E-state index contributed by atoms with van der Waals surface area (Å²) >= 11 is 0. The van der Waals surface area contributed by atoms with E-state index in [4.69, 9.17) is 0 Å². The first kappa shape index (κ1) is 12.8. The number of carbonyl (C=O) groups excluding carboxylic acids is 2. The van der Waals surface area contributed by atoms with E-state index < -0.39 is 0 Å². The Bertz CT molecular complexity index is 276. The van der Waals surface area contributed by atoms with Gasteiger partial charge in [-0.15, -0.1) is 0 Å². The number of urea groups is 1. The molecule has 1 unspecified atom stereocenters. The Morgan fingerprint density at radius 2 is 2.00 bits per heavy atom. The fourth-order valence-electron chi connectivity index (χ4n) is 1.82. The van der Waals surface area contributed by atoms with Crippen LogP contribution in [-0.4, -0.2) is 41.5 Å². The lowest BCUT2D eigenvalue weighted by Crippen LogP contribution is -2.46. The van der Waals surface area contributed by atoms with Crippen molar-refractivity contribution in [2.24, 2.45) is 0 Å². The van der Waals surface area contributed by atoms with Crippen LogP contribution >= 0.6 is 0 Å². The number of likely N-dealkylation sites (tertiary alicyclic amines) is 1. The predicted octanol–water partition coefficient (Wildman–Crippen LogP) is 0.703. The summed E-state index contributed by atoms with van der Waals surface area (Å²) in [6.07, 6.45) is 0.406. The molecule has 5 heteroatoms. The van der Waals surface area contributed by atoms with Gasteiger partial charge in [-0.2, -0.15) is 0 Å². The highest BCUT2D eigenvalue weighted by Gasteiger charge is 2.31. The SMILES string of the molecule is CC(C)NC(=O)NC1CC(=O)N(C(C)C)C1. The molecule has 0 aromatic heterocycles. The van der Waals surface area contributed by atoms with Gasteiger partial charge in [0.05, 0.1) is 6.04 Å². The van der Waals surface area contributed by atoms with E-state index in [1.54, 1.807) is 4.90 Å². The molecule has 1 aliphatic rings. The monoisotopic (exact) mass is 227 g/mol. The van der Waals surface area contributed by atoms with E-state index in [0.29, 0.717) is 13.0 Å². The highest BCUT2D eigenvalue weighted by Crippen LogP contribution is 2.13. The second kappa shape index (κ2) is 5.18. The lowest BCUT2D eigenvalue weighted by atomic mass is 10.2. The van der Waals surface area contributed by atoms with Gasteiger partial charge in [0.25, 0.3) is 0 Å². The second-order valence-electron chi connectivity index (χ2n) is 4.81. The van der Waals surface area contributed by atoms with Gasteiger partial charge < -0.3 is 15.5 Å². The minimum absolute atomic E-state index is 0.0614. The number of hydrogen-bond acceptors (Lipinski definition) is 2. The van der Waals surface area contributed by atoms with Crippen LogP contribution in [0.5, 0.6) is 0 Å². The van der Waals surface area contributed by atoms with Crippen molar-refractivity contribution in [2.45, 2.75) is 52.2 Å². The molecule has 0 aliphatic carbocycles. The normalized spacial score (nSPS) is 20.8. The Hall–Kier alpha value is -1.26. The summed E-state index contributed by atoms with van der Waals surface area (Å²) in [4.78, 5) is 24.8. The third-order valence-corrected chi connectivity index (χ3v) is 2.54. The largest absolute Gasteiger partial charge is 0.338 e. The summed E-state index contributed by atoms with van der Waals surface area (Å²) in [5.74, 6) is 0.116. The topological polar surface area (TPSA) is 61.4 Å². The van der Waals surface area contributed by atoms with Gasteiger partial charge in [-0.3, -0.25) is 4.79 Å². The van der Waals surface area contributed by atoms with Gasteiger partial charge in [-0.05, 0) is 27.7 Å². The lowest BCUT2D eigenvalue weighted by Gasteiger charge is -2.21. The molecule has 3 amide bonds. The van der Waals surface area contributed by atoms with Gasteiger partial charge in [0.1, 0.15) is 0 Å². The van der Waals surface area contributed by atoms with E-state index in [9.17, 15) is 9.59 Å². The maximum Gasteiger partial charge on any atom is 0.315 e. The Balaban J connectivity index is 2.41. The molecule has 0 saturated carbocycles. The maximum absolute atomic E-state index is 11.6. The van der Waals surface area contributed by atoms with Crippen molar-refractivity contribution in [3.05, 3.63) is 0 Å². The van der Waals surface area contributed by atoms with Gasteiger partial charge >= 0.3 is 6.03 Å². The summed E-state index contributed by atoms with van der Waals surface area (Å²) in [6.45, 7) is 8.38. The molecule has 1 rings (SSSR count). The molecule has 0 aromatic rings. The number of nitrogens with zero attached hydrogens (tertiary/aromatic N) is 1. The quantitative estimate of drug-likeness (QED) is 0.745. The van der Waals surface area contributed by atoms with Crippen molar-refractivity contribution in [1.29, 1.82) is 0 Å².